The summed E-state index contributed by atoms with van der Waals surface area (Å²) in [5.74, 6) is -1.01. The van der Waals surface area contributed by atoms with Crippen LogP contribution in [0.5, 0.6) is 0 Å². The van der Waals surface area contributed by atoms with Gasteiger partial charge in [-0.25, -0.2) is 0 Å². The molecule has 2 amide bonds. The van der Waals surface area contributed by atoms with E-state index in [0.717, 1.165) is 42.9 Å². The third kappa shape index (κ3) is 4.70. The maximum absolute atomic E-state index is 12.5. The van der Waals surface area contributed by atoms with E-state index in [0.29, 0.717) is 0 Å². The second-order valence-electron chi connectivity index (χ2n) is 5.70. The number of hydrogen-bond donors (Lipinski definition) is 2. The quantitative estimate of drug-likeness (QED) is 0.831. The lowest BCUT2D eigenvalue weighted by Gasteiger charge is -2.20. The largest absolute Gasteiger partial charge is 0.435 e. The van der Waals surface area contributed by atoms with Crippen LogP contribution in [0.3, 0.4) is 0 Å². The van der Waals surface area contributed by atoms with Gasteiger partial charge >= 0.3 is 6.18 Å². The van der Waals surface area contributed by atoms with E-state index in [1.54, 1.807) is 0 Å². The van der Waals surface area contributed by atoms with Gasteiger partial charge in [0.25, 0.3) is 5.91 Å². The van der Waals surface area contributed by atoms with Crippen LogP contribution < -0.4 is 10.9 Å². The van der Waals surface area contributed by atoms with Crippen molar-refractivity contribution >= 4 is 11.8 Å². The molecule has 0 bridgehead atoms. The number of rotatable bonds is 3. The Morgan fingerprint density at radius 2 is 1.91 bits per heavy atom. The molecule has 1 saturated carbocycles. The van der Waals surface area contributed by atoms with Crippen molar-refractivity contribution in [2.75, 3.05) is 0 Å². The zero-order valence-electron chi connectivity index (χ0n) is 12.7. The molecular weight excluding hydrogens is 313 g/mol. The van der Waals surface area contributed by atoms with Gasteiger partial charge in [0.2, 0.25) is 5.91 Å². The van der Waals surface area contributed by atoms with Gasteiger partial charge in [-0.15, -0.1) is 0 Å². The number of hydrazine groups is 1. The number of nitrogens with one attached hydrogen (secondary N) is 2. The van der Waals surface area contributed by atoms with Crippen LogP contribution >= 0.6 is 0 Å². The van der Waals surface area contributed by atoms with Crippen molar-refractivity contribution in [3.8, 4) is 0 Å². The predicted molar refractivity (Wildman–Crippen MR) is 74.8 cm³/mol. The standard InChI is InChI=1S/C14H19F3N4O2/c1-9-7-11(14(15,16)17)20-21(9)8-12(22)18-19-13(23)10-5-3-2-4-6-10/h7,10H,2-6,8H2,1H3,(H,18,22)(H,19,23). The summed E-state index contributed by atoms with van der Waals surface area (Å²) in [5, 5.41) is 3.36. The summed E-state index contributed by atoms with van der Waals surface area (Å²) in [4.78, 5) is 23.6. The van der Waals surface area contributed by atoms with E-state index in [9.17, 15) is 22.8 Å². The number of aryl methyl sites for hydroxylation is 1. The summed E-state index contributed by atoms with van der Waals surface area (Å²) in [6, 6.07) is 0.869. The van der Waals surface area contributed by atoms with E-state index in [1.807, 2.05) is 0 Å². The van der Waals surface area contributed by atoms with Gasteiger partial charge in [-0.2, -0.15) is 18.3 Å². The molecule has 1 heterocycles. The Hall–Kier alpha value is -2.06. The molecule has 2 rings (SSSR count). The first kappa shape index (κ1) is 17.3. The predicted octanol–water partition coefficient (Wildman–Crippen LogP) is 1.94. The number of carbonyl (C=O) groups excluding carboxylic acids is 2. The normalized spacial score (nSPS) is 16.2. The molecule has 0 saturated heterocycles. The van der Waals surface area contributed by atoms with E-state index in [-0.39, 0.29) is 17.5 Å². The van der Waals surface area contributed by atoms with Crippen LogP contribution in [-0.4, -0.2) is 21.6 Å². The minimum Gasteiger partial charge on any atom is -0.273 e. The molecule has 128 valence electrons. The van der Waals surface area contributed by atoms with Crippen LogP contribution in [0.15, 0.2) is 6.07 Å². The molecule has 0 atom stereocenters. The highest BCUT2D eigenvalue weighted by Crippen LogP contribution is 2.28. The summed E-state index contributed by atoms with van der Waals surface area (Å²) in [6.45, 7) is 1.03. The van der Waals surface area contributed by atoms with Gasteiger partial charge in [-0.1, -0.05) is 19.3 Å². The molecule has 1 aliphatic carbocycles. The van der Waals surface area contributed by atoms with E-state index in [4.69, 9.17) is 0 Å². The van der Waals surface area contributed by atoms with Crippen molar-refractivity contribution in [2.45, 2.75) is 51.7 Å². The van der Waals surface area contributed by atoms with Crippen LogP contribution in [-0.2, 0) is 22.3 Å². The van der Waals surface area contributed by atoms with Gasteiger partial charge in [0.1, 0.15) is 6.54 Å². The van der Waals surface area contributed by atoms with Gasteiger partial charge < -0.3 is 0 Å². The molecular formula is C14H19F3N4O2. The lowest BCUT2D eigenvalue weighted by atomic mass is 9.89. The van der Waals surface area contributed by atoms with Gasteiger partial charge in [-0.3, -0.25) is 25.1 Å². The molecule has 1 fully saturated rings. The summed E-state index contributed by atoms with van der Waals surface area (Å²) in [7, 11) is 0. The first-order valence-electron chi connectivity index (χ1n) is 7.47. The fourth-order valence-electron chi connectivity index (χ4n) is 2.58. The Morgan fingerprint density at radius 1 is 1.26 bits per heavy atom. The molecule has 0 aromatic carbocycles. The number of alkyl halides is 3. The fourth-order valence-corrected chi connectivity index (χ4v) is 2.58. The molecule has 2 N–H and O–H groups in total. The Balaban J connectivity index is 1.85. The average molecular weight is 332 g/mol. The Kier molecular flexibility index (Phi) is 5.27. The maximum Gasteiger partial charge on any atom is 0.435 e. The molecule has 6 nitrogen and oxygen atoms in total. The van der Waals surface area contributed by atoms with Crippen LogP contribution in [0.1, 0.15) is 43.5 Å². The van der Waals surface area contributed by atoms with Gasteiger partial charge in [0.05, 0.1) is 0 Å². The van der Waals surface area contributed by atoms with Crippen molar-refractivity contribution in [1.82, 2.24) is 20.6 Å². The molecule has 1 aromatic heterocycles. The van der Waals surface area contributed by atoms with Crippen molar-refractivity contribution in [3.05, 3.63) is 17.5 Å². The van der Waals surface area contributed by atoms with Crippen molar-refractivity contribution in [1.29, 1.82) is 0 Å². The lowest BCUT2D eigenvalue weighted by Crippen LogP contribution is -2.46. The Labute approximate surface area is 131 Å². The number of hydrogen-bond acceptors (Lipinski definition) is 3. The molecule has 0 spiro atoms. The highest BCUT2D eigenvalue weighted by atomic mass is 19.4. The number of halogens is 3. The van der Waals surface area contributed by atoms with Crippen molar-refractivity contribution in [2.24, 2.45) is 5.92 Å². The van der Waals surface area contributed by atoms with E-state index < -0.39 is 24.3 Å². The molecule has 9 heteroatoms. The first-order chi connectivity index (χ1) is 10.8. The monoisotopic (exact) mass is 332 g/mol. The molecule has 0 aliphatic heterocycles. The van der Waals surface area contributed by atoms with Crippen molar-refractivity contribution in [3.63, 3.8) is 0 Å². The molecule has 0 radical (unpaired) electrons. The minimum atomic E-state index is -4.55. The Bertz CT molecular complexity index is 577. The lowest BCUT2D eigenvalue weighted by molar-refractivity contribution is -0.141. The highest BCUT2D eigenvalue weighted by Gasteiger charge is 2.34. The summed E-state index contributed by atoms with van der Waals surface area (Å²) in [6.07, 6.45) is 0.0965. The van der Waals surface area contributed by atoms with Crippen molar-refractivity contribution < 1.29 is 22.8 Å². The van der Waals surface area contributed by atoms with Crippen LogP contribution in [0.4, 0.5) is 13.2 Å². The fraction of sp³-hybridized carbons (Fsp3) is 0.643. The SMILES string of the molecule is Cc1cc(C(F)(F)F)nn1CC(=O)NNC(=O)C1CCCCC1. The highest BCUT2D eigenvalue weighted by molar-refractivity contribution is 5.83. The second-order valence-corrected chi connectivity index (χ2v) is 5.70. The molecule has 1 aliphatic rings. The summed E-state index contributed by atoms with van der Waals surface area (Å²) >= 11 is 0. The number of nitrogens with zero attached hydrogens (tertiary/aromatic N) is 2. The van der Waals surface area contributed by atoms with Crippen LogP contribution in [0.25, 0.3) is 0 Å². The maximum atomic E-state index is 12.5. The van der Waals surface area contributed by atoms with Crippen LogP contribution in [0.2, 0.25) is 0 Å². The minimum absolute atomic E-state index is 0.118. The topological polar surface area (TPSA) is 76.0 Å². The Morgan fingerprint density at radius 3 is 2.48 bits per heavy atom. The summed E-state index contributed by atoms with van der Waals surface area (Å²) in [5.41, 5.74) is 3.72. The number of carbonyl (C=O) groups is 2. The first-order valence-corrected chi connectivity index (χ1v) is 7.47. The molecule has 1 aromatic rings. The number of aromatic nitrogens is 2. The third-order valence-electron chi connectivity index (χ3n) is 3.87. The van der Waals surface area contributed by atoms with E-state index in [2.05, 4.69) is 16.0 Å². The van der Waals surface area contributed by atoms with Gasteiger partial charge in [0.15, 0.2) is 5.69 Å². The molecule has 23 heavy (non-hydrogen) atoms. The van der Waals surface area contributed by atoms with Crippen LogP contribution in [0, 0.1) is 12.8 Å². The zero-order chi connectivity index (χ0) is 17.0. The summed E-state index contributed by atoms with van der Waals surface area (Å²) < 4.78 is 38.6. The van der Waals surface area contributed by atoms with Gasteiger partial charge in [-0.05, 0) is 25.8 Å². The van der Waals surface area contributed by atoms with E-state index in [1.165, 1.54) is 6.92 Å². The third-order valence-corrected chi connectivity index (χ3v) is 3.87. The van der Waals surface area contributed by atoms with E-state index >= 15 is 0 Å². The smallest absolute Gasteiger partial charge is 0.273 e. The number of amides is 2. The second kappa shape index (κ2) is 7.01. The zero-order valence-corrected chi connectivity index (χ0v) is 12.7. The average Bonchev–Trinajstić information content (AvgIpc) is 2.87. The van der Waals surface area contributed by atoms with Gasteiger partial charge in [0, 0.05) is 11.6 Å². The molecule has 0 unspecified atom stereocenters.